The molecule has 0 radical (unpaired) electrons. The minimum atomic E-state index is 0.403. The van der Waals surface area contributed by atoms with E-state index >= 15 is 0 Å². The smallest absolute Gasteiger partial charge is 0.224 e. The van der Waals surface area contributed by atoms with Crippen molar-refractivity contribution >= 4 is 17.0 Å². The van der Waals surface area contributed by atoms with E-state index in [1.165, 1.54) is 11.3 Å². The fourth-order valence-electron chi connectivity index (χ4n) is 3.23. The van der Waals surface area contributed by atoms with Gasteiger partial charge in [0.15, 0.2) is 0 Å². The number of anilines is 1. The van der Waals surface area contributed by atoms with Crippen molar-refractivity contribution in [3.05, 3.63) is 53.9 Å². The minimum absolute atomic E-state index is 0.403. The maximum absolute atomic E-state index is 5.40. The van der Waals surface area contributed by atoms with Gasteiger partial charge in [0.05, 0.1) is 0 Å². The van der Waals surface area contributed by atoms with Gasteiger partial charge >= 0.3 is 0 Å². The highest BCUT2D eigenvalue weighted by Crippen LogP contribution is 2.21. The van der Waals surface area contributed by atoms with Gasteiger partial charge in [-0.05, 0) is 24.5 Å². The molecule has 24 heavy (non-hydrogen) atoms. The highest BCUT2D eigenvalue weighted by Gasteiger charge is 2.15. The van der Waals surface area contributed by atoms with Gasteiger partial charge in [0, 0.05) is 50.0 Å². The van der Waals surface area contributed by atoms with Gasteiger partial charge in [-0.1, -0.05) is 30.3 Å². The summed E-state index contributed by atoms with van der Waals surface area (Å²) in [6.07, 6.45) is 4.83. The Kier molecular flexibility index (Phi) is 4.17. The molecular formula is C19H22N4O. The van der Waals surface area contributed by atoms with Gasteiger partial charge < -0.3 is 14.6 Å². The molecule has 1 N–H and O–H groups in total. The number of aromatic nitrogens is 3. The Balaban J connectivity index is 1.58. The zero-order chi connectivity index (χ0) is 16.4. The molecule has 0 amide bonds. The van der Waals surface area contributed by atoms with Crippen molar-refractivity contribution in [2.24, 2.45) is 7.05 Å². The predicted octanol–water partition coefficient (Wildman–Crippen LogP) is 3.15. The molecule has 5 heteroatoms. The number of nitrogens with one attached hydrogen (secondary N) is 1. The van der Waals surface area contributed by atoms with E-state index in [1.807, 2.05) is 12.3 Å². The minimum Gasteiger partial charge on any atom is -0.381 e. The number of ether oxygens (including phenoxy) is 1. The first-order valence-corrected chi connectivity index (χ1v) is 8.49. The fraction of sp³-hybridized carbons (Fsp3) is 0.368. The van der Waals surface area contributed by atoms with E-state index in [2.05, 4.69) is 52.2 Å². The first-order valence-electron chi connectivity index (χ1n) is 8.49. The average molecular weight is 322 g/mol. The zero-order valence-corrected chi connectivity index (χ0v) is 13.9. The second-order valence-electron chi connectivity index (χ2n) is 6.36. The molecule has 2 aromatic heterocycles. The summed E-state index contributed by atoms with van der Waals surface area (Å²) in [5, 5.41) is 4.53. The third kappa shape index (κ3) is 3.12. The van der Waals surface area contributed by atoms with E-state index in [-0.39, 0.29) is 0 Å². The van der Waals surface area contributed by atoms with Crippen molar-refractivity contribution in [2.45, 2.75) is 25.3 Å². The number of hydrogen-bond acceptors (Lipinski definition) is 4. The lowest BCUT2D eigenvalue weighted by atomic mass is 10.1. The van der Waals surface area contributed by atoms with E-state index < -0.39 is 0 Å². The zero-order valence-electron chi connectivity index (χ0n) is 13.9. The number of hydrogen-bond donors (Lipinski definition) is 1. The molecule has 3 aromatic rings. The maximum Gasteiger partial charge on any atom is 0.224 e. The van der Waals surface area contributed by atoms with Crippen LogP contribution in [-0.2, 0) is 18.2 Å². The van der Waals surface area contributed by atoms with Gasteiger partial charge in [-0.25, -0.2) is 4.98 Å². The summed E-state index contributed by atoms with van der Waals surface area (Å²) in [6, 6.07) is 13.1. The molecule has 0 saturated carbocycles. The lowest BCUT2D eigenvalue weighted by molar-refractivity contribution is 0.0903. The van der Waals surface area contributed by atoms with Gasteiger partial charge in [0.25, 0.3) is 0 Å². The molecule has 0 atom stereocenters. The van der Waals surface area contributed by atoms with Crippen LogP contribution in [0.5, 0.6) is 0 Å². The Morgan fingerprint density at radius 1 is 1.21 bits per heavy atom. The second kappa shape index (κ2) is 6.61. The summed E-state index contributed by atoms with van der Waals surface area (Å²) in [6.45, 7) is 1.62. The van der Waals surface area contributed by atoms with Gasteiger partial charge in [0.1, 0.15) is 5.65 Å². The lowest BCUT2D eigenvalue weighted by Gasteiger charge is -2.22. The quantitative estimate of drug-likeness (QED) is 0.802. The topological polar surface area (TPSA) is 52.0 Å². The summed E-state index contributed by atoms with van der Waals surface area (Å²) in [5.74, 6) is 0.710. The van der Waals surface area contributed by atoms with Crippen LogP contribution in [0.4, 0.5) is 5.95 Å². The lowest BCUT2D eigenvalue weighted by Crippen LogP contribution is -2.28. The van der Waals surface area contributed by atoms with Crippen LogP contribution in [0.3, 0.4) is 0 Å². The average Bonchev–Trinajstić information content (AvgIpc) is 2.93. The van der Waals surface area contributed by atoms with Crippen LogP contribution in [0.15, 0.2) is 42.6 Å². The second-order valence-corrected chi connectivity index (χ2v) is 6.36. The van der Waals surface area contributed by atoms with E-state index in [1.54, 1.807) is 0 Å². The molecule has 1 aliphatic heterocycles. The van der Waals surface area contributed by atoms with E-state index in [4.69, 9.17) is 9.72 Å². The highest BCUT2D eigenvalue weighted by molar-refractivity contribution is 5.77. The number of aryl methyl sites for hydroxylation is 1. The molecule has 1 aliphatic rings. The monoisotopic (exact) mass is 322 g/mol. The SMILES string of the molecule is Cn1c(Cc2ccccc2)cc2cnc(NC3CCOCC3)nc21. The third-order valence-electron chi connectivity index (χ3n) is 4.65. The third-order valence-corrected chi connectivity index (χ3v) is 4.65. The molecule has 1 fully saturated rings. The van der Waals surface area contributed by atoms with Crippen LogP contribution in [0.2, 0.25) is 0 Å². The van der Waals surface area contributed by atoms with Crippen LogP contribution in [0, 0.1) is 0 Å². The first-order chi connectivity index (χ1) is 11.8. The van der Waals surface area contributed by atoms with E-state index in [0.717, 1.165) is 43.5 Å². The fourth-order valence-corrected chi connectivity index (χ4v) is 3.23. The van der Waals surface area contributed by atoms with E-state index in [0.29, 0.717) is 12.0 Å². The normalized spacial score (nSPS) is 15.7. The molecule has 3 heterocycles. The Morgan fingerprint density at radius 2 is 2.00 bits per heavy atom. The van der Waals surface area contributed by atoms with Crippen molar-refractivity contribution < 1.29 is 4.74 Å². The molecule has 0 spiro atoms. The molecule has 0 aliphatic carbocycles. The van der Waals surface area contributed by atoms with Crippen LogP contribution < -0.4 is 5.32 Å². The van der Waals surface area contributed by atoms with Gasteiger partial charge in [-0.3, -0.25) is 0 Å². The standard InChI is InChI=1S/C19H22N4O/c1-23-17(11-14-5-3-2-4-6-14)12-15-13-20-19(22-18(15)23)21-16-7-9-24-10-8-16/h2-6,12-13,16H,7-11H2,1H3,(H,20,21,22). The summed E-state index contributed by atoms with van der Waals surface area (Å²) in [5.41, 5.74) is 3.52. The number of fused-ring (bicyclic) bond motifs is 1. The summed E-state index contributed by atoms with van der Waals surface area (Å²) < 4.78 is 7.57. The molecule has 0 unspecified atom stereocenters. The molecule has 4 rings (SSSR count). The largest absolute Gasteiger partial charge is 0.381 e. The van der Waals surface area contributed by atoms with Crippen molar-refractivity contribution in [3.63, 3.8) is 0 Å². The van der Waals surface area contributed by atoms with Crippen LogP contribution in [0.1, 0.15) is 24.1 Å². The van der Waals surface area contributed by atoms with Gasteiger partial charge in [0.2, 0.25) is 5.95 Å². The van der Waals surface area contributed by atoms with Crippen molar-refractivity contribution in [2.75, 3.05) is 18.5 Å². The number of benzene rings is 1. The van der Waals surface area contributed by atoms with Crippen LogP contribution in [-0.4, -0.2) is 33.8 Å². The van der Waals surface area contributed by atoms with Crippen LogP contribution >= 0.6 is 0 Å². The number of nitrogens with zero attached hydrogens (tertiary/aromatic N) is 3. The van der Waals surface area contributed by atoms with Crippen LogP contribution in [0.25, 0.3) is 11.0 Å². The summed E-state index contributed by atoms with van der Waals surface area (Å²) in [4.78, 5) is 9.22. The number of rotatable bonds is 4. The van der Waals surface area contributed by atoms with E-state index in [9.17, 15) is 0 Å². The Labute approximate surface area is 141 Å². The molecule has 1 aromatic carbocycles. The molecule has 124 valence electrons. The molecule has 1 saturated heterocycles. The molecule has 0 bridgehead atoms. The van der Waals surface area contributed by atoms with Gasteiger partial charge in [-0.15, -0.1) is 0 Å². The van der Waals surface area contributed by atoms with Crippen molar-refractivity contribution in [1.82, 2.24) is 14.5 Å². The predicted molar refractivity (Wildman–Crippen MR) is 95.2 cm³/mol. The Bertz CT molecular complexity index is 822. The van der Waals surface area contributed by atoms with Crippen molar-refractivity contribution in [3.8, 4) is 0 Å². The van der Waals surface area contributed by atoms with Gasteiger partial charge in [-0.2, -0.15) is 4.98 Å². The molecule has 5 nitrogen and oxygen atoms in total. The Hall–Kier alpha value is -2.40. The Morgan fingerprint density at radius 3 is 2.79 bits per heavy atom. The summed E-state index contributed by atoms with van der Waals surface area (Å²) in [7, 11) is 2.08. The van der Waals surface area contributed by atoms with Crippen molar-refractivity contribution in [1.29, 1.82) is 0 Å². The summed E-state index contributed by atoms with van der Waals surface area (Å²) >= 11 is 0. The highest BCUT2D eigenvalue weighted by atomic mass is 16.5. The molecular weight excluding hydrogens is 300 g/mol. The maximum atomic E-state index is 5.40. The first kappa shape index (κ1) is 15.1.